The second-order valence-corrected chi connectivity index (χ2v) is 5.19. The molecule has 2 unspecified atom stereocenters. The lowest BCUT2D eigenvalue weighted by atomic mass is 9.82. The van der Waals surface area contributed by atoms with Crippen LogP contribution in [0.5, 0.6) is 0 Å². The quantitative estimate of drug-likeness (QED) is 0.752. The second kappa shape index (κ2) is 5.00. The minimum absolute atomic E-state index is 0.140. The van der Waals surface area contributed by atoms with E-state index in [4.69, 9.17) is 15.2 Å². The van der Waals surface area contributed by atoms with Gasteiger partial charge in [0.1, 0.15) is 0 Å². The van der Waals surface area contributed by atoms with Crippen LogP contribution in [-0.4, -0.2) is 55.5 Å². The van der Waals surface area contributed by atoms with Crippen LogP contribution >= 0.6 is 0 Å². The van der Waals surface area contributed by atoms with E-state index < -0.39 is 0 Å². The highest BCUT2D eigenvalue weighted by Crippen LogP contribution is 2.33. The van der Waals surface area contributed by atoms with Gasteiger partial charge in [-0.15, -0.1) is 0 Å². The van der Waals surface area contributed by atoms with Gasteiger partial charge in [-0.3, -0.25) is 4.90 Å². The molecule has 2 saturated heterocycles. The first kappa shape index (κ1) is 12.3. The normalized spacial score (nSPS) is 42.2. The molecule has 2 atom stereocenters. The standard InChI is InChI=1S/C12H24N2O2/c1-10-7-12(9-13,8-11(2)16-10)14-3-5-15-6-4-14/h10-11H,3-9,13H2,1-2H3. The summed E-state index contributed by atoms with van der Waals surface area (Å²) in [5.41, 5.74) is 6.20. The van der Waals surface area contributed by atoms with Crippen molar-refractivity contribution in [2.24, 2.45) is 5.73 Å². The molecule has 0 aromatic rings. The Labute approximate surface area is 98.1 Å². The third-order valence-corrected chi connectivity index (χ3v) is 3.86. The van der Waals surface area contributed by atoms with E-state index in [-0.39, 0.29) is 5.54 Å². The van der Waals surface area contributed by atoms with Gasteiger partial charge in [-0.25, -0.2) is 0 Å². The average molecular weight is 228 g/mol. The molecule has 4 heteroatoms. The first-order valence-corrected chi connectivity index (χ1v) is 6.34. The van der Waals surface area contributed by atoms with Crippen LogP contribution in [-0.2, 0) is 9.47 Å². The van der Waals surface area contributed by atoms with E-state index in [1.165, 1.54) is 0 Å². The highest BCUT2D eigenvalue weighted by atomic mass is 16.5. The highest BCUT2D eigenvalue weighted by Gasteiger charge is 2.42. The molecule has 2 aliphatic rings. The molecule has 0 saturated carbocycles. The van der Waals surface area contributed by atoms with E-state index in [2.05, 4.69) is 18.7 Å². The molecule has 2 rings (SSSR count). The molecule has 0 aromatic heterocycles. The topological polar surface area (TPSA) is 47.7 Å². The Morgan fingerprint density at radius 2 is 1.75 bits per heavy atom. The Hall–Kier alpha value is -0.160. The molecule has 2 heterocycles. The monoisotopic (exact) mass is 228 g/mol. The molecule has 0 spiro atoms. The summed E-state index contributed by atoms with van der Waals surface area (Å²) in [5.74, 6) is 0. The van der Waals surface area contributed by atoms with Crippen molar-refractivity contribution in [2.75, 3.05) is 32.8 Å². The molecule has 0 aliphatic carbocycles. The van der Waals surface area contributed by atoms with E-state index in [0.717, 1.165) is 45.7 Å². The Balaban J connectivity index is 2.09. The van der Waals surface area contributed by atoms with Crippen LogP contribution in [0.3, 0.4) is 0 Å². The lowest BCUT2D eigenvalue weighted by Gasteiger charge is -2.50. The zero-order valence-electron chi connectivity index (χ0n) is 10.4. The summed E-state index contributed by atoms with van der Waals surface area (Å²) in [6.45, 7) is 8.73. The van der Waals surface area contributed by atoms with E-state index in [1.54, 1.807) is 0 Å². The van der Waals surface area contributed by atoms with Crippen LogP contribution in [0.1, 0.15) is 26.7 Å². The fourth-order valence-electron chi connectivity index (χ4n) is 3.24. The van der Waals surface area contributed by atoms with Crippen LogP contribution < -0.4 is 5.73 Å². The van der Waals surface area contributed by atoms with Crippen molar-refractivity contribution < 1.29 is 9.47 Å². The summed E-state index contributed by atoms with van der Waals surface area (Å²) in [5, 5.41) is 0. The number of nitrogens with two attached hydrogens (primary N) is 1. The maximum atomic E-state index is 6.06. The van der Waals surface area contributed by atoms with E-state index in [9.17, 15) is 0 Å². The summed E-state index contributed by atoms with van der Waals surface area (Å²) in [6.07, 6.45) is 2.73. The number of morpholine rings is 1. The summed E-state index contributed by atoms with van der Waals surface area (Å²) >= 11 is 0. The fourth-order valence-corrected chi connectivity index (χ4v) is 3.24. The predicted octanol–water partition coefficient (Wildman–Crippen LogP) is 0.604. The first-order valence-electron chi connectivity index (χ1n) is 6.34. The van der Waals surface area contributed by atoms with Gasteiger partial charge in [0, 0.05) is 25.2 Å². The van der Waals surface area contributed by atoms with Crippen LogP contribution in [0.4, 0.5) is 0 Å². The van der Waals surface area contributed by atoms with Crippen LogP contribution in [0.15, 0.2) is 0 Å². The van der Waals surface area contributed by atoms with Gasteiger partial charge in [-0.05, 0) is 26.7 Å². The summed E-state index contributed by atoms with van der Waals surface area (Å²) in [4.78, 5) is 2.52. The Morgan fingerprint density at radius 1 is 1.19 bits per heavy atom. The molecule has 0 aromatic carbocycles. The van der Waals surface area contributed by atoms with E-state index in [0.29, 0.717) is 12.2 Å². The van der Waals surface area contributed by atoms with Gasteiger partial charge in [-0.2, -0.15) is 0 Å². The summed E-state index contributed by atoms with van der Waals surface area (Å²) in [6, 6.07) is 0. The Bertz CT molecular complexity index is 219. The van der Waals surface area contributed by atoms with Crippen molar-refractivity contribution in [3.63, 3.8) is 0 Å². The SMILES string of the molecule is CC1CC(CN)(N2CCOCC2)CC(C)O1. The largest absolute Gasteiger partial charge is 0.379 e. The lowest BCUT2D eigenvalue weighted by molar-refractivity contribution is -0.120. The van der Waals surface area contributed by atoms with Crippen molar-refractivity contribution in [1.82, 2.24) is 4.90 Å². The smallest absolute Gasteiger partial charge is 0.0594 e. The van der Waals surface area contributed by atoms with Gasteiger partial charge in [-0.1, -0.05) is 0 Å². The Morgan fingerprint density at radius 3 is 2.25 bits per heavy atom. The van der Waals surface area contributed by atoms with E-state index in [1.807, 2.05) is 0 Å². The first-order chi connectivity index (χ1) is 7.66. The maximum Gasteiger partial charge on any atom is 0.0594 e. The molecule has 4 nitrogen and oxygen atoms in total. The summed E-state index contributed by atoms with van der Waals surface area (Å²) < 4.78 is 11.2. The van der Waals surface area contributed by atoms with Gasteiger partial charge in [0.15, 0.2) is 0 Å². The van der Waals surface area contributed by atoms with Crippen LogP contribution in [0.2, 0.25) is 0 Å². The zero-order valence-corrected chi connectivity index (χ0v) is 10.4. The van der Waals surface area contributed by atoms with Crippen LogP contribution in [0, 0.1) is 0 Å². The van der Waals surface area contributed by atoms with Crippen molar-refractivity contribution in [1.29, 1.82) is 0 Å². The third kappa shape index (κ3) is 2.40. The molecule has 0 bridgehead atoms. The molecule has 0 radical (unpaired) electrons. The molecule has 0 amide bonds. The second-order valence-electron chi connectivity index (χ2n) is 5.19. The minimum Gasteiger partial charge on any atom is -0.379 e. The molecule has 2 fully saturated rings. The van der Waals surface area contributed by atoms with Crippen molar-refractivity contribution in [2.45, 2.75) is 44.4 Å². The minimum atomic E-state index is 0.140. The fraction of sp³-hybridized carbons (Fsp3) is 1.00. The van der Waals surface area contributed by atoms with Gasteiger partial charge < -0.3 is 15.2 Å². The van der Waals surface area contributed by atoms with E-state index >= 15 is 0 Å². The highest BCUT2D eigenvalue weighted by molar-refractivity contribution is 4.98. The predicted molar refractivity (Wildman–Crippen MR) is 63.4 cm³/mol. The lowest BCUT2D eigenvalue weighted by Crippen LogP contribution is -2.62. The van der Waals surface area contributed by atoms with Gasteiger partial charge in [0.05, 0.1) is 25.4 Å². The van der Waals surface area contributed by atoms with Crippen molar-refractivity contribution in [3.8, 4) is 0 Å². The molecule has 2 N–H and O–H groups in total. The van der Waals surface area contributed by atoms with Crippen molar-refractivity contribution in [3.05, 3.63) is 0 Å². The number of hydrogen-bond acceptors (Lipinski definition) is 4. The molecular weight excluding hydrogens is 204 g/mol. The average Bonchev–Trinajstić information content (AvgIpc) is 2.29. The number of rotatable bonds is 2. The number of ether oxygens (including phenoxy) is 2. The maximum absolute atomic E-state index is 6.06. The molecular formula is C12H24N2O2. The Kier molecular flexibility index (Phi) is 3.85. The van der Waals surface area contributed by atoms with Gasteiger partial charge in [0.25, 0.3) is 0 Å². The number of hydrogen-bond donors (Lipinski definition) is 1. The zero-order chi connectivity index (χ0) is 11.6. The van der Waals surface area contributed by atoms with Crippen LogP contribution in [0.25, 0.3) is 0 Å². The van der Waals surface area contributed by atoms with Gasteiger partial charge >= 0.3 is 0 Å². The molecule has 16 heavy (non-hydrogen) atoms. The summed E-state index contributed by atoms with van der Waals surface area (Å²) in [7, 11) is 0. The van der Waals surface area contributed by atoms with Gasteiger partial charge in [0.2, 0.25) is 0 Å². The number of nitrogens with zero attached hydrogens (tertiary/aromatic N) is 1. The third-order valence-electron chi connectivity index (χ3n) is 3.86. The molecule has 2 aliphatic heterocycles. The molecule has 94 valence electrons. The van der Waals surface area contributed by atoms with Crippen molar-refractivity contribution >= 4 is 0 Å².